The van der Waals surface area contributed by atoms with Gasteiger partial charge in [-0.25, -0.2) is 4.79 Å². The third kappa shape index (κ3) is 3.78. The van der Waals surface area contributed by atoms with Gasteiger partial charge in [0.05, 0.1) is 17.2 Å². The number of halogens is 2. The maximum atomic E-state index is 11.1. The topological polar surface area (TPSA) is 46.5 Å². The first-order valence-electron chi connectivity index (χ1n) is 6.05. The highest BCUT2D eigenvalue weighted by Crippen LogP contribution is 2.30. The molecule has 2 aromatic carbocycles. The van der Waals surface area contributed by atoms with Crippen molar-refractivity contribution in [1.29, 1.82) is 0 Å². The largest absolute Gasteiger partial charge is 0.497 e. The SMILES string of the molecule is COc1ccc(C(=CC(=O)O)c2ccc(Cl)c(Cl)c2)cc1. The van der Waals surface area contributed by atoms with Crippen molar-refractivity contribution in [3.05, 3.63) is 69.7 Å². The fraction of sp³-hybridized carbons (Fsp3) is 0.0625. The summed E-state index contributed by atoms with van der Waals surface area (Å²) in [7, 11) is 1.57. The van der Waals surface area contributed by atoms with E-state index in [1.807, 2.05) is 0 Å². The molecule has 0 heterocycles. The molecule has 0 aromatic heterocycles. The van der Waals surface area contributed by atoms with E-state index in [0.29, 0.717) is 26.9 Å². The molecule has 1 N–H and O–H groups in total. The zero-order chi connectivity index (χ0) is 15.4. The number of aliphatic carboxylic acids is 1. The van der Waals surface area contributed by atoms with Crippen molar-refractivity contribution in [2.45, 2.75) is 0 Å². The highest BCUT2D eigenvalue weighted by atomic mass is 35.5. The second-order valence-corrected chi connectivity index (χ2v) is 5.07. The monoisotopic (exact) mass is 322 g/mol. The molecule has 0 aliphatic rings. The van der Waals surface area contributed by atoms with Crippen LogP contribution in [-0.2, 0) is 4.79 Å². The first kappa shape index (κ1) is 15.4. The van der Waals surface area contributed by atoms with Gasteiger partial charge in [0.15, 0.2) is 0 Å². The standard InChI is InChI=1S/C16H12Cl2O3/c1-21-12-5-2-10(3-6-12)13(9-16(19)20)11-4-7-14(17)15(18)8-11/h2-9H,1H3,(H,19,20). The van der Waals surface area contributed by atoms with Crippen LogP contribution in [0.25, 0.3) is 5.57 Å². The van der Waals surface area contributed by atoms with Crippen molar-refractivity contribution < 1.29 is 14.6 Å². The zero-order valence-electron chi connectivity index (χ0n) is 11.1. The van der Waals surface area contributed by atoms with E-state index in [9.17, 15) is 4.79 Å². The van der Waals surface area contributed by atoms with Crippen LogP contribution in [0.5, 0.6) is 5.75 Å². The van der Waals surface area contributed by atoms with Crippen LogP contribution in [-0.4, -0.2) is 18.2 Å². The molecule has 0 saturated heterocycles. The summed E-state index contributed by atoms with van der Waals surface area (Å²) in [4.78, 5) is 11.1. The molecule has 0 fully saturated rings. The summed E-state index contributed by atoms with van der Waals surface area (Å²) in [5.41, 5.74) is 1.97. The third-order valence-electron chi connectivity index (χ3n) is 2.90. The summed E-state index contributed by atoms with van der Waals surface area (Å²) < 4.78 is 5.10. The average molecular weight is 323 g/mol. The first-order chi connectivity index (χ1) is 10.0. The summed E-state index contributed by atoms with van der Waals surface area (Å²) in [6, 6.07) is 12.1. The molecule has 0 amide bonds. The normalized spacial score (nSPS) is 11.3. The molecule has 5 heteroatoms. The van der Waals surface area contributed by atoms with Gasteiger partial charge in [0, 0.05) is 6.08 Å². The molecule has 3 nitrogen and oxygen atoms in total. The van der Waals surface area contributed by atoms with Crippen LogP contribution in [0.4, 0.5) is 0 Å². The van der Waals surface area contributed by atoms with E-state index < -0.39 is 5.97 Å². The summed E-state index contributed by atoms with van der Waals surface area (Å²) >= 11 is 11.9. The second kappa shape index (κ2) is 6.66. The first-order valence-corrected chi connectivity index (χ1v) is 6.81. The third-order valence-corrected chi connectivity index (χ3v) is 3.64. The minimum atomic E-state index is -1.04. The van der Waals surface area contributed by atoms with Crippen molar-refractivity contribution in [2.24, 2.45) is 0 Å². The van der Waals surface area contributed by atoms with Crippen LogP contribution < -0.4 is 4.74 Å². The summed E-state index contributed by atoms with van der Waals surface area (Å²) in [5.74, 6) is -0.338. The van der Waals surface area contributed by atoms with Crippen molar-refractivity contribution in [3.63, 3.8) is 0 Å². The molecule has 0 atom stereocenters. The number of carbonyl (C=O) groups is 1. The van der Waals surface area contributed by atoms with Gasteiger partial charge >= 0.3 is 5.97 Å². The van der Waals surface area contributed by atoms with E-state index >= 15 is 0 Å². The highest BCUT2D eigenvalue weighted by Gasteiger charge is 2.10. The molecule has 2 rings (SSSR count). The Kier molecular flexibility index (Phi) is 4.89. The van der Waals surface area contributed by atoms with Gasteiger partial charge in [-0.1, -0.05) is 41.4 Å². The van der Waals surface area contributed by atoms with Gasteiger partial charge in [0.1, 0.15) is 5.75 Å². The number of ether oxygens (including phenoxy) is 1. The van der Waals surface area contributed by atoms with Gasteiger partial charge in [0.2, 0.25) is 0 Å². The zero-order valence-corrected chi connectivity index (χ0v) is 12.7. The van der Waals surface area contributed by atoms with E-state index in [0.717, 1.165) is 11.6 Å². The van der Waals surface area contributed by atoms with Crippen molar-refractivity contribution in [1.82, 2.24) is 0 Å². The maximum absolute atomic E-state index is 11.1. The van der Waals surface area contributed by atoms with Crippen LogP contribution in [0.1, 0.15) is 11.1 Å². The maximum Gasteiger partial charge on any atom is 0.328 e. The molecule has 0 aliphatic carbocycles. The van der Waals surface area contributed by atoms with E-state index in [-0.39, 0.29) is 0 Å². The van der Waals surface area contributed by atoms with E-state index in [2.05, 4.69) is 0 Å². The Hall–Kier alpha value is -1.97. The fourth-order valence-corrected chi connectivity index (χ4v) is 2.19. The Morgan fingerprint density at radius 3 is 2.19 bits per heavy atom. The molecular weight excluding hydrogens is 311 g/mol. The Morgan fingerprint density at radius 1 is 1.05 bits per heavy atom. The molecule has 0 radical (unpaired) electrons. The quantitative estimate of drug-likeness (QED) is 0.842. The predicted molar refractivity (Wildman–Crippen MR) is 84.2 cm³/mol. The Morgan fingerprint density at radius 2 is 1.67 bits per heavy atom. The Labute approximate surface area is 132 Å². The summed E-state index contributed by atoms with van der Waals surface area (Å²) in [6.45, 7) is 0. The van der Waals surface area contributed by atoms with Crippen molar-refractivity contribution in [2.75, 3.05) is 7.11 Å². The highest BCUT2D eigenvalue weighted by molar-refractivity contribution is 6.42. The molecule has 0 aliphatic heterocycles. The lowest BCUT2D eigenvalue weighted by atomic mass is 9.97. The van der Waals surface area contributed by atoms with E-state index in [1.165, 1.54) is 0 Å². The fourth-order valence-electron chi connectivity index (χ4n) is 1.89. The number of rotatable bonds is 4. The Balaban J connectivity index is 2.52. The van der Waals surface area contributed by atoms with Gasteiger partial charge in [-0.3, -0.25) is 0 Å². The molecule has 108 valence electrons. The van der Waals surface area contributed by atoms with Crippen LogP contribution in [0.3, 0.4) is 0 Å². The molecule has 0 unspecified atom stereocenters. The molecule has 21 heavy (non-hydrogen) atoms. The number of carboxylic acids is 1. The van der Waals surface area contributed by atoms with Crippen molar-refractivity contribution >= 4 is 34.7 Å². The number of hydrogen-bond acceptors (Lipinski definition) is 2. The van der Waals surface area contributed by atoms with Gasteiger partial charge in [0.25, 0.3) is 0 Å². The van der Waals surface area contributed by atoms with Crippen LogP contribution >= 0.6 is 23.2 Å². The molecule has 0 spiro atoms. The predicted octanol–water partition coefficient (Wildman–Crippen LogP) is 4.52. The number of methoxy groups -OCH3 is 1. The van der Waals surface area contributed by atoms with Crippen molar-refractivity contribution in [3.8, 4) is 5.75 Å². The van der Waals surface area contributed by atoms with Gasteiger partial charge in [-0.05, 0) is 41.0 Å². The molecule has 0 bridgehead atoms. The summed E-state index contributed by atoms with van der Waals surface area (Å²) in [5, 5.41) is 9.87. The van der Waals surface area contributed by atoms with Crippen LogP contribution in [0, 0.1) is 0 Å². The van der Waals surface area contributed by atoms with Crippen LogP contribution in [0.15, 0.2) is 48.5 Å². The molecular formula is C16H12Cl2O3. The smallest absolute Gasteiger partial charge is 0.328 e. The van der Waals surface area contributed by atoms with E-state index in [1.54, 1.807) is 49.6 Å². The van der Waals surface area contributed by atoms with Gasteiger partial charge in [-0.15, -0.1) is 0 Å². The lowest BCUT2D eigenvalue weighted by Crippen LogP contribution is -1.95. The minimum Gasteiger partial charge on any atom is -0.497 e. The number of benzene rings is 2. The summed E-state index contributed by atoms with van der Waals surface area (Å²) in [6.07, 6.45) is 1.14. The second-order valence-electron chi connectivity index (χ2n) is 4.25. The Bertz CT molecular complexity index is 691. The van der Waals surface area contributed by atoms with Crippen LogP contribution in [0.2, 0.25) is 10.0 Å². The lowest BCUT2D eigenvalue weighted by Gasteiger charge is -2.10. The molecule has 0 saturated carbocycles. The number of hydrogen-bond donors (Lipinski definition) is 1. The molecule has 2 aromatic rings. The number of carboxylic acid groups (broad SMARTS) is 1. The minimum absolute atomic E-state index is 0.374. The van der Waals surface area contributed by atoms with Gasteiger partial charge in [-0.2, -0.15) is 0 Å². The average Bonchev–Trinajstić information content (AvgIpc) is 2.48. The van der Waals surface area contributed by atoms with E-state index in [4.69, 9.17) is 33.0 Å². The lowest BCUT2D eigenvalue weighted by molar-refractivity contribution is -0.131. The van der Waals surface area contributed by atoms with Gasteiger partial charge < -0.3 is 9.84 Å².